The molecular weight excluding hydrogens is 399 g/mol. The lowest BCUT2D eigenvalue weighted by Crippen LogP contribution is -2.45. The second kappa shape index (κ2) is 7.31. The molecule has 8 heteroatoms. The molecule has 5 nitrogen and oxygen atoms in total. The topological polar surface area (TPSA) is 66.5 Å². The van der Waals surface area contributed by atoms with Crippen molar-refractivity contribution in [3.8, 4) is 0 Å². The van der Waals surface area contributed by atoms with Crippen LogP contribution in [-0.4, -0.2) is 26.6 Å². The molecule has 0 heterocycles. The van der Waals surface area contributed by atoms with Gasteiger partial charge in [0.05, 0.1) is 17.6 Å². The molecule has 0 aromatic heterocycles. The van der Waals surface area contributed by atoms with E-state index in [0.29, 0.717) is 10.2 Å². The summed E-state index contributed by atoms with van der Waals surface area (Å²) in [4.78, 5) is 12.4. The fraction of sp³-hybridized carbons (Fsp3) is 0.188. The summed E-state index contributed by atoms with van der Waals surface area (Å²) in [5.41, 5.74) is 0.343. The summed E-state index contributed by atoms with van der Waals surface area (Å²) in [6.07, 6.45) is 1.02. The van der Waals surface area contributed by atoms with Crippen molar-refractivity contribution in [2.24, 2.45) is 0 Å². The van der Waals surface area contributed by atoms with Gasteiger partial charge in [0, 0.05) is 4.47 Å². The quantitative estimate of drug-likeness (QED) is 0.815. The Morgan fingerprint density at radius 3 is 2.38 bits per heavy atom. The maximum atomic E-state index is 13.9. The van der Waals surface area contributed by atoms with Crippen molar-refractivity contribution in [3.63, 3.8) is 0 Å². The van der Waals surface area contributed by atoms with Crippen LogP contribution in [0.3, 0.4) is 0 Å². The van der Waals surface area contributed by atoms with Crippen LogP contribution in [0.25, 0.3) is 0 Å². The first kappa shape index (κ1) is 18.4. The smallest absolute Gasteiger partial charge is 0.248 e. The molecule has 24 heavy (non-hydrogen) atoms. The molecule has 0 aliphatic heterocycles. The minimum Gasteiger partial charge on any atom is -0.322 e. The molecule has 0 bridgehead atoms. The number of hydrogen-bond acceptors (Lipinski definition) is 3. The number of hydrogen-bond donors (Lipinski definition) is 1. The van der Waals surface area contributed by atoms with Crippen molar-refractivity contribution in [1.82, 2.24) is 0 Å². The van der Waals surface area contributed by atoms with Crippen LogP contribution in [0.15, 0.2) is 53.0 Å². The molecule has 0 spiro atoms. The summed E-state index contributed by atoms with van der Waals surface area (Å²) in [5, 5.41) is 2.42. The highest BCUT2D eigenvalue weighted by Gasteiger charge is 2.29. The number of nitrogens with one attached hydrogen (secondary N) is 1. The van der Waals surface area contributed by atoms with E-state index in [-0.39, 0.29) is 5.69 Å². The molecular formula is C16H16BrFN2O3S. The Morgan fingerprint density at radius 2 is 1.83 bits per heavy atom. The van der Waals surface area contributed by atoms with Gasteiger partial charge in [0.25, 0.3) is 0 Å². The highest BCUT2D eigenvalue weighted by atomic mass is 79.9. The number of rotatable bonds is 5. The molecule has 1 N–H and O–H groups in total. The van der Waals surface area contributed by atoms with Crippen molar-refractivity contribution in [2.75, 3.05) is 15.9 Å². The normalized spacial score (nSPS) is 12.5. The number of sulfonamides is 1. The number of benzene rings is 2. The van der Waals surface area contributed by atoms with Crippen LogP contribution in [0.5, 0.6) is 0 Å². The van der Waals surface area contributed by atoms with E-state index in [1.807, 2.05) is 0 Å². The van der Waals surface area contributed by atoms with Crippen LogP contribution in [0.1, 0.15) is 6.92 Å². The van der Waals surface area contributed by atoms with Gasteiger partial charge in [-0.15, -0.1) is 0 Å². The van der Waals surface area contributed by atoms with E-state index < -0.39 is 27.8 Å². The molecule has 0 radical (unpaired) electrons. The Labute approximate surface area is 148 Å². The molecule has 1 amide bonds. The molecule has 1 atom stereocenters. The zero-order valence-electron chi connectivity index (χ0n) is 13.0. The van der Waals surface area contributed by atoms with Gasteiger partial charge in [0.2, 0.25) is 15.9 Å². The Hall–Kier alpha value is -1.93. The molecule has 0 saturated carbocycles. The first-order chi connectivity index (χ1) is 11.2. The Morgan fingerprint density at radius 1 is 1.21 bits per heavy atom. The molecule has 2 rings (SSSR count). The average molecular weight is 415 g/mol. The number of amides is 1. The number of para-hydroxylation sites is 1. The van der Waals surface area contributed by atoms with Gasteiger partial charge in [-0.05, 0) is 37.3 Å². The summed E-state index contributed by atoms with van der Waals surface area (Å²) in [6.45, 7) is 1.44. The number of carbonyl (C=O) groups excluding carboxylic acids is 1. The van der Waals surface area contributed by atoms with Gasteiger partial charge in [-0.1, -0.05) is 34.1 Å². The second-order valence-electron chi connectivity index (χ2n) is 5.18. The van der Waals surface area contributed by atoms with Gasteiger partial charge in [-0.2, -0.15) is 0 Å². The highest BCUT2D eigenvalue weighted by molar-refractivity contribution is 9.10. The van der Waals surface area contributed by atoms with Gasteiger partial charge < -0.3 is 5.32 Å². The minimum absolute atomic E-state index is 0.0171. The van der Waals surface area contributed by atoms with Gasteiger partial charge in [-0.3, -0.25) is 9.10 Å². The van der Waals surface area contributed by atoms with E-state index in [1.54, 1.807) is 36.4 Å². The highest BCUT2D eigenvalue weighted by Crippen LogP contribution is 2.23. The van der Waals surface area contributed by atoms with Crippen molar-refractivity contribution in [2.45, 2.75) is 13.0 Å². The lowest BCUT2D eigenvalue weighted by molar-refractivity contribution is -0.116. The summed E-state index contributed by atoms with van der Waals surface area (Å²) in [6, 6.07) is 11.4. The number of nitrogens with zero attached hydrogens (tertiary/aromatic N) is 1. The van der Waals surface area contributed by atoms with Gasteiger partial charge in [-0.25, -0.2) is 12.8 Å². The van der Waals surface area contributed by atoms with Crippen LogP contribution < -0.4 is 9.62 Å². The molecule has 0 fully saturated rings. The minimum atomic E-state index is -3.70. The first-order valence-electron chi connectivity index (χ1n) is 7.00. The molecule has 0 aliphatic rings. The van der Waals surface area contributed by atoms with Crippen LogP contribution >= 0.6 is 15.9 Å². The first-order valence-corrected chi connectivity index (χ1v) is 9.64. The fourth-order valence-corrected chi connectivity index (χ4v) is 3.72. The predicted molar refractivity (Wildman–Crippen MR) is 96.0 cm³/mol. The Kier molecular flexibility index (Phi) is 5.61. The van der Waals surface area contributed by atoms with E-state index in [9.17, 15) is 17.6 Å². The lowest BCUT2D eigenvalue weighted by Gasteiger charge is -2.28. The average Bonchev–Trinajstić information content (AvgIpc) is 2.49. The molecule has 0 saturated heterocycles. The largest absolute Gasteiger partial charge is 0.322 e. The Balaban J connectivity index is 2.29. The fourth-order valence-electron chi connectivity index (χ4n) is 2.21. The number of anilines is 2. The van der Waals surface area contributed by atoms with E-state index >= 15 is 0 Å². The summed E-state index contributed by atoms with van der Waals surface area (Å²) >= 11 is 3.13. The van der Waals surface area contributed by atoms with Crippen LogP contribution in [0.4, 0.5) is 15.8 Å². The molecule has 0 unspecified atom stereocenters. The molecule has 128 valence electrons. The number of halogens is 2. The maximum absolute atomic E-state index is 13.9. The third-order valence-corrected chi connectivity index (χ3v) is 5.02. The zero-order chi connectivity index (χ0) is 17.9. The van der Waals surface area contributed by atoms with Crippen LogP contribution in [0.2, 0.25) is 0 Å². The molecule has 2 aromatic carbocycles. The monoisotopic (exact) mass is 414 g/mol. The van der Waals surface area contributed by atoms with Crippen molar-refractivity contribution < 1.29 is 17.6 Å². The van der Waals surface area contributed by atoms with Gasteiger partial charge >= 0.3 is 0 Å². The van der Waals surface area contributed by atoms with Crippen LogP contribution in [0, 0.1) is 5.82 Å². The van der Waals surface area contributed by atoms with Crippen molar-refractivity contribution in [1.29, 1.82) is 0 Å². The molecule has 0 aliphatic carbocycles. The van der Waals surface area contributed by atoms with E-state index in [0.717, 1.165) is 10.6 Å². The third-order valence-electron chi connectivity index (χ3n) is 3.29. The van der Waals surface area contributed by atoms with Gasteiger partial charge in [0.1, 0.15) is 11.9 Å². The predicted octanol–water partition coefficient (Wildman–Crippen LogP) is 3.38. The summed E-state index contributed by atoms with van der Waals surface area (Å²) < 4.78 is 39.6. The second-order valence-corrected chi connectivity index (χ2v) is 7.96. The zero-order valence-corrected chi connectivity index (χ0v) is 15.4. The lowest BCUT2D eigenvalue weighted by atomic mass is 10.2. The van der Waals surface area contributed by atoms with Gasteiger partial charge in [0.15, 0.2) is 0 Å². The molecule has 2 aromatic rings. The van der Waals surface area contributed by atoms with Crippen molar-refractivity contribution >= 4 is 43.2 Å². The van der Waals surface area contributed by atoms with Crippen molar-refractivity contribution in [3.05, 3.63) is 58.8 Å². The van der Waals surface area contributed by atoms with E-state index in [4.69, 9.17) is 0 Å². The summed E-state index contributed by atoms with van der Waals surface area (Å²) in [7, 11) is -3.70. The van der Waals surface area contributed by atoms with E-state index in [1.165, 1.54) is 19.1 Å². The SMILES string of the molecule is C[C@@H](C(=O)Nc1ccc(Br)cc1F)N(c1ccccc1)S(C)(=O)=O. The third kappa shape index (κ3) is 4.33. The Bertz CT molecular complexity index is 844. The number of carbonyl (C=O) groups is 1. The van der Waals surface area contributed by atoms with E-state index in [2.05, 4.69) is 21.2 Å². The van der Waals surface area contributed by atoms with Crippen LogP contribution in [-0.2, 0) is 14.8 Å². The summed E-state index contributed by atoms with van der Waals surface area (Å²) in [5.74, 6) is -1.25. The standard InChI is InChI=1S/C16H16BrFN2O3S/c1-11(16(21)19-15-9-8-12(17)10-14(15)18)20(24(2,22)23)13-6-4-3-5-7-13/h3-11H,1-2H3,(H,19,21)/t11-/m0/s1. The maximum Gasteiger partial charge on any atom is 0.248 e.